The molecule has 1 amide bonds. The van der Waals surface area contributed by atoms with Crippen molar-refractivity contribution in [2.75, 3.05) is 29.8 Å². The Morgan fingerprint density at radius 2 is 1.74 bits per heavy atom. The first-order valence-electron chi connectivity index (χ1n) is 10.9. The maximum absolute atomic E-state index is 13.4. The molecule has 0 saturated carbocycles. The number of sulfonamides is 1. The smallest absolute Gasteiger partial charge is 0.264 e. The number of nitrogens with zero attached hydrogens (tertiary/aromatic N) is 1. The predicted octanol–water partition coefficient (Wildman–Crippen LogP) is 5.64. The fourth-order valence-corrected chi connectivity index (χ4v) is 6.04. The van der Waals surface area contributed by atoms with Crippen LogP contribution in [-0.2, 0) is 20.6 Å². The maximum Gasteiger partial charge on any atom is 0.264 e. The minimum Gasteiger partial charge on any atom is -0.494 e. The van der Waals surface area contributed by atoms with Crippen LogP contribution in [0.4, 0.5) is 5.69 Å². The average molecular weight is 554 g/mol. The van der Waals surface area contributed by atoms with Gasteiger partial charge in [-0.15, -0.1) is 0 Å². The molecule has 0 unspecified atom stereocenters. The number of rotatable bonds is 12. The summed E-state index contributed by atoms with van der Waals surface area (Å²) in [6.45, 7) is 2.40. The van der Waals surface area contributed by atoms with E-state index in [9.17, 15) is 13.2 Å². The van der Waals surface area contributed by atoms with Gasteiger partial charge in [0.15, 0.2) is 0 Å². The Balaban J connectivity index is 1.63. The first kappa shape index (κ1) is 27.2. The van der Waals surface area contributed by atoms with Gasteiger partial charge in [0, 0.05) is 28.1 Å². The summed E-state index contributed by atoms with van der Waals surface area (Å²) in [4.78, 5) is 12.8. The molecule has 35 heavy (non-hydrogen) atoms. The lowest BCUT2D eigenvalue weighted by Gasteiger charge is -2.24. The molecule has 0 spiro atoms. The molecule has 0 aliphatic carbocycles. The third-order valence-electron chi connectivity index (χ3n) is 4.90. The largest absolute Gasteiger partial charge is 0.494 e. The number of anilines is 1. The van der Waals surface area contributed by atoms with Crippen LogP contribution in [0.25, 0.3) is 0 Å². The van der Waals surface area contributed by atoms with E-state index in [2.05, 4.69) is 5.32 Å². The number of halogens is 2. The molecule has 3 aromatic rings. The van der Waals surface area contributed by atoms with Crippen molar-refractivity contribution in [3.05, 3.63) is 88.4 Å². The van der Waals surface area contributed by atoms with Crippen molar-refractivity contribution >= 4 is 56.6 Å². The van der Waals surface area contributed by atoms with Crippen LogP contribution in [0.3, 0.4) is 0 Å². The Bertz CT molecular complexity index is 1220. The number of hydrogen-bond acceptors (Lipinski definition) is 5. The first-order chi connectivity index (χ1) is 16.8. The van der Waals surface area contributed by atoms with E-state index in [1.165, 1.54) is 12.1 Å². The summed E-state index contributed by atoms with van der Waals surface area (Å²) >= 11 is 13.7. The molecule has 0 aromatic heterocycles. The van der Waals surface area contributed by atoms with E-state index in [0.717, 1.165) is 9.87 Å². The number of thioether (sulfide) groups is 1. The quantitative estimate of drug-likeness (QED) is 0.294. The summed E-state index contributed by atoms with van der Waals surface area (Å²) in [6.07, 6.45) is 0. The molecule has 0 aliphatic rings. The van der Waals surface area contributed by atoms with Gasteiger partial charge in [-0.25, -0.2) is 8.42 Å². The lowest BCUT2D eigenvalue weighted by atomic mass is 10.2. The topological polar surface area (TPSA) is 75.7 Å². The van der Waals surface area contributed by atoms with Gasteiger partial charge < -0.3 is 10.1 Å². The van der Waals surface area contributed by atoms with Crippen LogP contribution in [0.2, 0.25) is 10.0 Å². The van der Waals surface area contributed by atoms with Gasteiger partial charge in [-0.05, 0) is 61.0 Å². The van der Waals surface area contributed by atoms with Crippen LogP contribution in [0.15, 0.2) is 77.7 Å². The zero-order valence-electron chi connectivity index (χ0n) is 19.1. The monoisotopic (exact) mass is 552 g/mol. The Morgan fingerprint density at radius 3 is 2.40 bits per heavy atom. The van der Waals surface area contributed by atoms with Crippen molar-refractivity contribution < 1.29 is 17.9 Å². The molecular formula is C25H26Cl2N2O4S2. The van der Waals surface area contributed by atoms with E-state index in [0.29, 0.717) is 46.1 Å². The van der Waals surface area contributed by atoms with Crippen LogP contribution in [0, 0.1) is 0 Å². The number of benzene rings is 3. The summed E-state index contributed by atoms with van der Waals surface area (Å²) in [5.41, 5.74) is 1.34. The summed E-state index contributed by atoms with van der Waals surface area (Å²) in [7, 11) is -3.95. The highest BCUT2D eigenvalue weighted by atomic mass is 35.5. The van der Waals surface area contributed by atoms with E-state index in [-0.39, 0.29) is 11.4 Å². The van der Waals surface area contributed by atoms with Crippen LogP contribution < -0.4 is 14.4 Å². The van der Waals surface area contributed by atoms with Gasteiger partial charge >= 0.3 is 0 Å². The maximum atomic E-state index is 13.4. The highest BCUT2D eigenvalue weighted by Crippen LogP contribution is 2.26. The van der Waals surface area contributed by atoms with Gasteiger partial charge in [0.2, 0.25) is 5.91 Å². The highest BCUT2D eigenvalue weighted by molar-refractivity contribution is 7.98. The Morgan fingerprint density at radius 1 is 1.03 bits per heavy atom. The minimum atomic E-state index is -3.95. The molecule has 0 aliphatic heterocycles. The van der Waals surface area contributed by atoms with E-state index in [4.69, 9.17) is 27.9 Å². The lowest BCUT2D eigenvalue weighted by molar-refractivity contribution is -0.119. The van der Waals surface area contributed by atoms with E-state index >= 15 is 0 Å². The fourth-order valence-electron chi connectivity index (χ4n) is 3.18. The summed E-state index contributed by atoms with van der Waals surface area (Å²) in [6, 6.07) is 20.0. The Labute approximate surface area is 220 Å². The molecule has 0 radical (unpaired) electrons. The second-order valence-electron chi connectivity index (χ2n) is 7.39. The number of carbonyl (C=O) groups is 1. The normalized spacial score (nSPS) is 11.2. The Kier molecular flexibility index (Phi) is 10.2. The van der Waals surface area contributed by atoms with Gasteiger partial charge in [0.25, 0.3) is 10.0 Å². The third-order valence-corrected chi connectivity index (χ3v) is 8.28. The van der Waals surface area contributed by atoms with Crippen molar-refractivity contribution in [2.45, 2.75) is 17.6 Å². The molecule has 0 saturated heterocycles. The van der Waals surface area contributed by atoms with Gasteiger partial charge in [-0.1, -0.05) is 47.5 Å². The van der Waals surface area contributed by atoms with Crippen LogP contribution in [-0.4, -0.2) is 39.8 Å². The molecule has 0 bridgehead atoms. The molecule has 6 nitrogen and oxygen atoms in total. The zero-order chi connectivity index (χ0) is 25.3. The van der Waals surface area contributed by atoms with Crippen molar-refractivity contribution in [3.63, 3.8) is 0 Å². The van der Waals surface area contributed by atoms with Crippen LogP contribution in [0.1, 0.15) is 12.5 Å². The molecule has 1 N–H and O–H groups in total. The van der Waals surface area contributed by atoms with Gasteiger partial charge in [-0.2, -0.15) is 11.8 Å². The SMILES string of the molecule is CCOc1ccc(N(CC(=O)NCCSCc2ccc(Cl)cc2Cl)S(=O)(=O)c2ccccc2)cc1. The number of nitrogens with one attached hydrogen (secondary N) is 1. The van der Waals surface area contributed by atoms with Gasteiger partial charge in [-0.3, -0.25) is 9.10 Å². The van der Waals surface area contributed by atoms with Crippen LogP contribution in [0.5, 0.6) is 5.75 Å². The lowest BCUT2D eigenvalue weighted by Crippen LogP contribution is -2.41. The predicted molar refractivity (Wildman–Crippen MR) is 144 cm³/mol. The summed E-state index contributed by atoms with van der Waals surface area (Å²) in [5.74, 6) is 1.53. The zero-order valence-corrected chi connectivity index (χ0v) is 22.3. The molecule has 10 heteroatoms. The molecule has 0 heterocycles. The highest BCUT2D eigenvalue weighted by Gasteiger charge is 2.27. The number of ether oxygens (including phenoxy) is 1. The van der Waals surface area contributed by atoms with Crippen molar-refractivity contribution in [3.8, 4) is 5.75 Å². The fraction of sp³-hybridized carbons (Fsp3) is 0.240. The van der Waals surface area contributed by atoms with E-state index < -0.39 is 15.9 Å². The second-order valence-corrected chi connectivity index (χ2v) is 11.2. The number of carbonyl (C=O) groups excluding carboxylic acids is 1. The average Bonchev–Trinajstić information content (AvgIpc) is 2.85. The first-order valence-corrected chi connectivity index (χ1v) is 14.3. The van der Waals surface area contributed by atoms with Crippen molar-refractivity contribution in [1.29, 1.82) is 0 Å². The molecule has 0 atom stereocenters. The standard InChI is InChI=1S/C25H26Cl2N2O4S2/c1-2-33-22-12-10-21(11-13-22)29(35(31,32)23-6-4-3-5-7-23)17-25(30)28-14-15-34-18-19-8-9-20(26)16-24(19)27/h3-13,16H,2,14-15,17-18H2,1H3,(H,28,30). The van der Waals surface area contributed by atoms with Crippen LogP contribution >= 0.6 is 35.0 Å². The van der Waals surface area contributed by atoms with Crippen molar-refractivity contribution in [1.82, 2.24) is 5.32 Å². The third kappa shape index (κ3) is 7.80. The van der Waals surface area contributed by atoms with E-state index in [1.807, 2.05) is 13.0 Å². The molecule has 0 fully saturated rings. The molecular weight excluding hydrogens is 527 g/mol. The molecule has 3 aromatic carbocycles. The molecule has 3 rings (SSSR count). The number of hydrogen-bond donors (Lipinski definition) is 1. The second kappa shape index (κ2) is 13.1. The molecule has 186 valence electrons. The number of amides is 1. The Hall–Kier alpha value is -2.39. The summed E-state index contributed by atoms with van der Waals surface area (Å²) < 4.78 is 33.3. The minimum absolute atomic E-state index is 0.108. The van der Waals surface area contributed by atoms with Gasteiger partial charge in [0.05, 0.1) is 17.2 Å². The van der Waals surface area contributed by atoms with E-state index in [1.54, 1.807) is 66.4 Å². The summed E-state index contributed by atoms with van der Waals surface area (Å²) in [5, 5.41) is 3.99. The van der Waals surface area contributed by atoms with Crippen molar-refractivity contribution in [2.24, 2.45) is 0 Å². The van der Waals surface area contributed by atoms with Gasteiger partial charge in [0.1, 0.15) is 12.3 Å².